The molecule has 1 aromatic carbocycles. The molecular weight excluding hydrogens is 356 g/mol. The van der Waals surface area contributed by atoms with Crippen molar-refractivity contribution in [1.82, 2.24) is 4.57 Å². The lowest BCUT2D eigenvalue weighted by molar-refractivity contribution is 0.0916. The summed E-state index contributed by atoms with van der Waals surface area (Å²) < 4.78 is 6.69. The number of ether oxygens (including phenoxy) is 1. The molecule has 1 N–H and O–H groups in total. The molecule has 28 heavy (non-hydrogen) atoms. The minimum absolute atomic E-state index is 0.0310. The van der Waals surface area contributed by atoms with Crippen LogP contribution in [-0.2, 0) is 6.54 Å². The summed E-state index contributed by atoms with van der Waals surface area (Å²) in [5.41, 5.74) is 1.62. The molecule has 1 aromatic heterocycles. The van der Waals surface area contributed by atoms with Crippen LogP contribution in [0.5, 0.6) is 11.6 Å². The normalized spacial score (nSPS) is 10.5. The highest BCUT2D eigenvalue weighted by Gasteiger charge is 2.24. The van der Waals surface area contributed by atoms with Crippen molar-refractivity contribution in [2.75, 3.05) is 6.61 Å². The van der Waals surface area contributed by atoms with E-state index in [-0.39, 0.29) is 29.8 Å². The van der Waals surface area contributed by atoms with E-state index in [1.54, 1.807) is 6.07 Å². The molecular formula is C22H26N2O4. The van der Waals surface area contributed by atoms with Crippen molar-refractivity contribution in [2.45, 2.75) is 53.5 Å². The number of nitrogens with zero attached hydrogens (tertiary/aromatic N) is 2. The molecule has 0 aliphatic heterocycles. The molecule has 0 saturated heterocycles. The topological polar surface area (TPSA) is 92.3 Å². The predicted octanol–water partition coefficient (Wildman–Crippen LogP) is 3.80. The van der Waals surface area contributed by atoms with Crippen molar-refractivity contribution >= 4 is 5.78 Å². The number of carbonyl (C=O) groups excluding carboxylic acids is 1. The number of nitriles is 1. The number of aromatic hydroxyl groups is 1. The largest absolute Gasteiger partial charge is 0.494 e. The van der Waals surface area contributed by atoms with Gasteiger partial charge in [0.1, 0.15) is 17.4 Å². The van der Waals surface area contributed by atoms with Crippen molar-refractivity contribution < 1.29 is 14.6 Å². The number of pyridine rings is 1. The molecule has 148 valence electrons. The van der Waals surface area contributed by atoms with Gasteiger partial charge in [-0.05, 0) is 56.0 Å². The van der Waals surface area contributed by atoms with Gasteiger partial charge in [-0.3, -0.25) is 14.2 Å². The highest BCUT2D eigenvalue weighted by atomic mass is 16.5. The first kappa shape index (κ1) is 21.2. The average Bonchev–Trinajstić information content (AvgIpc) is 2.66. The molecule has 2 aromatic rings. The Hall–Kier alpha value is -3.07. The third-order valence-electron chi connectivity index (χ3n) is 4.91. The average molecular weight is 382 g/mol. The number of hydrogen-bond donors (Lipinski definition) is 1. The maximum atomic E-state index is 12.8. The molecule has 0 fully saturated rings. The van der Waals surface area contributed by atoms with Gasteiger partial charge in [-0.25, -0.2) is 0 Å². The van der Waals surface area contributed by atoms with Crippen molar-refractivity contribution in [2.24, 2.45) is 0 Å². The number of ketones is 1. The van der Waals surface area contributed by atoms with Crippen molar-refractivity contribution in [3.63, 3.8) is 0 Å². The fraction of sp³-hybridized carbons (Fsp3) is 0.409. The Labute approximate surface area is 165 Å². The summed E-state index contributed by atoms with van der Waals surface area (Å²) in [5.74, 6) is -0.328. The maximum Gasteiger partial charge on any atom is 0.271 e. The van der Waals surface area contributed by atoms with Crippen LogP contribution in [0, 0.1) is 32.1 Å². The third kappa shape index (κ3) is 4.42. The zero-order valence-corrected chi connectivity index (χ0v) is 16.8. The molecule has 0 unspecified atom stereocenters. The number of rotatable bonds is 8. The first-order valence-electron chi connectivity index (χ1n) is 9.41. The number of aryl methyl sites for hydroxylation is 2. The van der Waals surface area contributed by atoms with Crippen LogP contribution in [0.25, 0.3) is 0 Å². The Bertz CT molecular complexity index is 983. The van der Waals surface area contributed by atoms with Crippen LogP contribution in [0.2, 0.25) is 0 Å². The molecule has 0 spiro atoms. The van der Waals surface area contributed by atoms with E-state index in [0.717, 1.165) is 28.5 Å². The summed E-state index contributed by atoms with van der Waals surface area (Å²) in [6, 6.07) is 7.38. The highest BCUT2D eigenvalue weighted by molar-refractivity contribution is 6.01. The van der Waals surface area contributed by atoms with E-state index >= 15 is 0 Å². The lowest BCUT2D eigenvalue weighted by Crippen LogP contribution is -2.27. The second kappa shape index (κ2) is 9.23. The number of Topliss-reactive ketones (excluding diaryl/α,β-unsaturated/α-hetero) is 1. The highest BCUT2D eigenvalue weighted by Crippen LogP contribution is 2.24. The van der Waals surface area contributed by atoms with E-state index in [2.05, 4.69) is 0 Å². The lowest BCUT2D eigenvalue weighted by atomic mass is 10.0. The Kier molecular flexibility index (Phi) is 7.00. The maximum absolute atomic E-state index is 12.8. The Balaban J connectivity index is 2.35. The first-order valence-corrected chi connectivity index (χ1v) is 9.41. The molecule has 0 aliphatic carbocycles. The third-order valence-corrected chi connectivity index (χ3v) is 4.91. The van der Waals surface area contributed by atoms with Crippen LogP contribution in [0.3, 0.4) is 0 Å². The van der Waals surface area contributed by atoms with Crippen LogP contribution in [-0.4, -0.2) is 22.1 Å². The number of unbranched alkanes of at least 4 members (excludes halogenated alkanes) is 2. The summed E-state index contributed by atoms with van der Waals surface area (Å²) in [5, 5.41) is 20.0. The van der Waals surface area contributed by atoms with Crippen molar-refractivity contribution in [3.05, 3.63) is 56.4 Å². The predicted molar refractivity (Wildman–Crippen MR) is 107 cm³/mol. The van der Waals surface area contributed by atoms with Crippen LogP contribution in [0.4, 0.5) is 0 Å². The smallest absolute Gasteiger partial charge is 0.271 e. The van der Waals surface area contributed by atoms with Gasteiger partial charge in [-0.15, -0.1) is 0 Å². The minimum atomic E-state index is -0.569. The van der Waals surface area contributed by atoms with Gasteiger partial charge < -0.3 is 9.84 Å². The van der Waals surface area contributed by atoms with E-state index in [9.17, 15) is 20.0 Å². The number of hydrogen-bond acceptors (Lipinski definition) is 5. The zero-order chi connectivity index (χ0) is 20.8. The van der Waals surface area contributed by atoms with Crippen molar-refractivity contribution in [3.8, 4) is 17.7 Å². The lowest BCUT2D eigenvalue weighted by Gasteiger charge is -2.16. The fourth-order valence-corrected chi connectivity index (χ4v) is 3.04. The van der Waals surface area contributed by atoms with E-state index in [0.29, 0.717) is 12.2 Å². The van der Waals surface area contributed by atoms with Crippen LogP contribution >= 0.6 is 0 Å². The van der Waals surface area contributed by atoms with Gasteiger partial charge in [-0.1, -0.05) is 25.8 Å². The van der Waals surface area contributed by atoms with Crippen molar-refractivity contribution in [1.29, 1.82) is 5.26 Å². The standard InChI is InChI=1S/C22H26N2O4/c1-5-6-7-10-24-21(26)18(12-23)16(4)20(22(24)27)19(25)13-28-17-9-8-14(2)15(3)11-17/h8-9,11,27H,5-7,10,13H2,1-4H3. The van der Waals surface area contributed by atoms with Gasteiger partial charge in [0.25, 0.3) is 5.56 Å². The summed E-state index contributed by atoms with van der Waals surface area (Å²) in [6.07, 6.45) is 2.49. The van der Waals surface area contributed by atoms with Crippen LogP contribution in [0.1, 0.15) is 58.8 Å². The number of benzene rings is 1. The van der Waals surface area contributed by atoms with Gasteiger partial charge in [-0.2, -0.15) is 5.26 Å². The summed E-state index contributed by atoms with van der Waals surface area (Å²) in [6.45, 7) is 7.42. The van der Waals surface area contributed by atoms with E-state index in [4.69, 9.17) is 4.74 Å². The summed E-state index contributed by atoms with van der Waals surface area (Å²) in [4.78, 5) is 25.3. The Morgan fingerprint density at radius 2 is 1.93 bits per heavy atom. The van der Waals surface area contributed by atoms with Crippen LogP contribution in [0.15, 0.2) is 23.0 Å². The number of aromatic nitrogens is 1. The monoisotopic (exact) mass is 382 g/mol. The molecule has 0 amide bonds. The number of carbonyl (C=O) groups is 1. The van der Waals surface area contributed by atoms with E-state index in [1.165, 1.54) is 6.92 Å². The second-order valence-corrected chi connectivity index (χ2v) is 6.93. The molecule has 6 heteroatoms. The minimum Gasteiger partial charge on any atom is -0.494 e. The van der Waals surface area contributed by atoms with Crippen LogP contribution < -0.4 is 10.3 Å². The molecule has 6 nitrogen and oxygen atoms in total. The summed E-state index contributed by atoms with van der Waals surface area (Å²) in [7, 11) is 0. The molecule has 0 atom stereocenters. The van der Waals surface area contributed by atoms with Gasteiger partial charge in [0, 0.05) is 6.54 Å². The van der Waals surface area contributed by atoms with E-state index in [1.807, 2.05) is 39.0 Å². The SMILES string of the molecule is CCCCCn1c(O)c(C(=O)COc2ccc(C)c(C)c2)c(C)c(C#N)c1=O. The Morgan fingerprint density at radius 1 is 1.21 bits per heavy atom. The fourth-order valence-electron chi connectivity index (χ4n) is 3.04. The van der Waals surface area contributed by atoms with Gasteiger partial charge in [0.2, 0.25) is 11.7 Å². The zero-order valence-electron chi connectivity index (χ0n) is 16.8. The quantitative estimate of drug-likeness (QED) is 0.554. The van der Waals surface area contributed by atoms with Gasteiger partial charge in [0.05, 0.1) is 5.56 Å². The second-order valence-electron chi connectivity index (χ2n) is 6.93. The van der Waals surface area contributed by atoms with Gasteiger partial charge in [0.15, 0.2) is 6.61 Å². The molecule has 0 saturated carbocycles. The molecule has 2 rings (SSSR count). The first-order chi connectivity index (χ1) is 13.3. The van der Waals surface area contributed by atoms with Gasteiger partial charge >= 0.3 is 0 Å². The molecule has 1 heterocycles. The molecule has 0 aliphatic rings. The van der Waals surface area contributed by atoms with E-state index < -0.39 is 17.2 Å². The Morgan fingerprint density at radius 3 is 2.54 bits per heavy atom. The summed E-state index contributed by atoms with van der Waals surface area (Å²) >= 11 is 0. The molecule has 0 radical (unpaired) electrons. The molecule has 0 bridgehead atoms.